The van der Waals surface area contributed by atoms with Crippen molar-refractivity contribution in [3.05, 3.63) is 29.8 Å². The molecule has 1 aliphatic rings. The fraction of sp³-hybridized carbons (Fsp3) is 0.500. The monoisotopic (exact) mass is 363 g/mol. The SMILES string of the molecule is CCOC(=O)NCCC(=O)N1CCN(C(=O)c2ccc(OC)cc2)CC1. The number of ether oxygens (including phenoxy) is 2. The third-order valence-electron chi connectivity index (χ3n) is 4.14. The normalized spacial score (nSPS) is 13.9. The van der Waals surface area contributed by atoms with Gasteiger partial charge in [-0.3, -0.25) is 9.59 Å². The fourth-order valence-corrected chi connectivity index (χ4v) is 2.69. The molecule has 1 aromatic rings. The molecule has 8 nitrogen and oxygen atoms in total. The van der Waals surface area contributed by atoms with E-state index >= 15 is 0 Å². The van der Waals surface area contributed by atoms with Crippen molar-refractivity contribution < 1.29 is 23.9 Å². The summed E-state index contributed by atoms with van der Waals surface area (Å²) in [6.45, 7) is 4.20. The lowest BCUT2D eigenvalue weighted by Gasteiger charge is -2.35. The van der Waals surface area contributed by atoms with Gasteiger partial charge in [-0.1, -0.05) is 0 Å². The van der Waals surface area contributed by atoms with E-state index in [1.807, 2.05) is 0 Å². The second-order valence-electron chi connectivity index (χ2n) is 5.80. The molecule has 0 bridgehead atoms. The van der Waals surface area contributed by atoms with Gasteiger partial charge in [-0.15, -0.1) is 0 Å². The van der Waals surface area contributed by atoms with Crippen LogP contribution in [0, 0.1) is 0 Å². The molecule has 1 heterocycles. The van der Waals surface area contributed by atoms with Crippen LogP contribution in [-0.2, 0) is 9.53 Å². The van der Waals surface area contributed by atoms with Crippen LogP contribution in [0.5, 0.6) is 5.75 Å². The second kappa shape index (κ2) is 9.65. The van der Waals surface area contributed by atoms with Crippen molar-refractivity contribution in [2.45, 2.75) is 13.3 Å². The van der Waals surface area contributed by atoms with Crippen molar-refractivity contribution in [3.8, 4) is 5.75 Å². The quantitative estimate of drug-likeness (QED) is 0.818. The van der Waals surface area contributed by atoms with Crippen molar-refractivity contribution in [1.29, 1.82) is 0 Å². The van der Waals surface area contributed by atoms with Crippen LogP contribution in [0.25, 0.3) is 0 Å². The number of nitrogens with zero attached hydrogens (tertiary/aromatic N) is 2. The first-order valence-corrected chi connectivity index (χ1v) is 8.67. The highest BCUT2D eigenvalue weighted by molar-refractivity contribution is 5.94. The van der Waals surface area contributed by atoms with E-state index in [9.17, 15) is 14.4 Å². The summed E-state index contributed by atoms with van der Waals surface area (Å²) < 4.78 is 9.83. The predicted molar refractivity (Wildman–Crippen MR) is 95.1 cm³/mol. The Bertz CT molecular complexity index is 624. The van der Waals surface area contributed by atoms with Gasteiger partial charge in [0.05, 0.1) is 13.7 Å². The Hall–Kier alpha value is -2.77. The van der Waals surface area contributed by atoms with Crippen LogP contribution in [0.15, 0.2) is 24.3 Å². The molecule has 0 saturated carbocycles. The molecule has 2 rings (SSSR count). The number of rotatable bonds is 6. The van der Waals surface area contributed by atoms with Gasteiger partial charge in [0, 0.05) is 44.7 Å². The van der Waals surface area contributed by atoms with E-state index in [1.54, 1.807) is 48.1 Å². The average Bonchev–Trinajstić information content (AvgIpc) is 2.67. The Morgan fingerprint density at radius 1 is 1.04 bits per heavy atom. The second-order valence-corrected chi connectivity index (χ2v) is 5.80. The van der Waals surface area contributed by atoms with E-state index in [0.29, 0.717) is 44.1 Å². The van der Waals surface area contributed by atoms with Crippen LogP contribution < -0.4 is 10.1 Å². The standard InChI is InChI=1S/C18H25N3O5/c1-3-26-18(24)19-9-8-16(22)20-10-12-21(13-11-20)17(23)14-4-6-15(25-2)7-5-14/h4-7H,3,8-13H2,1-2H3,(H,19,24). The Morgan fingerprint density at radius 2 is 1.65 bits per heavy atom. The molecular weight excluding hydrogens is 338 g/mol. The van der Waals surface area contributed by atoms with Gasteiger partial charge in [0.1, 0.15) is 5.75 Å². The first-order valence-electron chi connectivity index (χ1n) is 8.67. The van der Waals surface area contributed by atoms with Gasteiger partial charge >= 0.3 is 6.09 Å². The van der Waals surface area contributed by atoms with E-state index in [-0.39, 0.29) is 24.8 Å². The van der Waals surface area contributed by atoms with Gasteiger partial charge in [-0.05, 0) is 31.2 Å². The van der Waals surface area contributed by atoms with Crippen LogP contribution in [0.1, 0.15) is 23.7 Å². The molecule has 26 heavy (non-hydrogen) atoms. The van der Waals surface area contributed by atoms with Crippen LogP contribution in [0.2, 0.25) is 0 Å². The van der Waals surface area contributed by atoms with Gasteiger partial charge in [-0.2, -0.15) is 0 Å². The first-order chi connectivity index (χ1) is 12.5. The minimum absolute atomic E-state index is 0.0432. The fourth-order valence-electron chi connectivity index (χ4n) is 2.69. The lowest BCUT2D eigenvalue weighted by Crippen LogP contribution is -2.51. The summed E-state index contributed by atoms with van der Waals surface area (Å²) in [5.41, 5.74) is 0.601. The number of alkyl carbamates (subject to hydrolysis) is 1. The predicted octanol–water partition coefficient (Wildman–Crippen LogP) is 1.12. The zero-order valence-corrected chi connectivity index (χ0v) is 15.2. The van der Waals surface area contributed by atoms with Gasteiger partial charge in [0.2, 0.25) is 5.91 Å². The van der Waals surface area contributed by atoms with Crippen molar-refractivity contribution in [2.24, 2.45) is 0 Å². The summed E-state index contributed by atoms with van der Waals surface area (Å²) in [6, 6.07) is 6.98. The minimum Gasteiger partial charge on any atom is -0.497 e. The number of amides is 3. The molecule has 3 amide bonds. The highest BCUT2D eigenvalue weighted by Gasteiger charge is 2.24. The maximum absolute atomic E-state index is 12.5. The van der Waals surface area contributed by atoms with E-state index in [4.69, 9.17) is 9.47 Å². The van der Waals surface area contributed by atoms with E-state index < -0.39 is 6.09 Å². The molecule has 0 spiro atoms. The molecule has 1 saturated heterocycles. The third kappa shape index (κ3) is 5.37. The van der Waals surface area contributed by atoms with Crippen molar-refractivity contribution in [1.82, 2.24) is 15.1 Å². The maximum atomic E-state index is 12.5. The van der Waals surface area contributed by atoms with Crippen molar-refractivity contribution >= 4 is 17.9 Å². The zero-order chi connectivity index (χ0) is 18.9. The smallest absolute Gasteiger partial charge is 0.407 e. The molecule has 1 fully saturated rings. The number of hydrogen-bond donors (Lipinski definition) is 1. The Balaban J connectivity index is 1.76. The van der Waals surface area contributed by atoms with Crippen LogP contribution >= 0.6 is 0 Å². The number of carbonyl (C=O) groups is 3. The average molecular weight is 363 g/mol. The largest absolute Gasteiger partial charge is 0.497 e. The third-order valence-corrected chi connectivity index (χ3v) is 4.14. The molecule has 0 aliphatic carbocycles. The van der Waals surface area contributed by atoms with Crippen molar-refractivity contribution in [3.63, 3.8) is 0 Å². The summed E-state index contributed by atoms with van der Waals surface area (Å²) in [5, 5.41) is 2.53. The Morgan fingerprint density at radius 3 is 2.23 bits per heavy atom. The summed E-state index contributed by atoms with van der Waals surface area (Å²) in [5.74, 6) is 0.607. The van der Waals surface area contributed by atoms with Crippen LogP contribution in [-0.4, -0.2) is 74.1 Å². The zero-order valence-electron chi connectivity index (χ0n) is 15.2. The molecule has 0 atom stereocenters. The Kier molecular flexibility index (Phi) is 7.25. The number of nitrogens with one attached hydrogen (secondary N) is 1. The van der Waals surface area contributed by atoms with Crippen molar-refractivity contribution in [2.75, 3.05) is 46.4 Å². The van der Waals surface area contributed by atoms with Gasteiger partial charge < -0.3 is 24.6 Å². The molecule has 1 aliphatic heterocycles. The lowest BCUT2D eigenvalue weighted by molar-refractivity contribution is -0.132. The number of piperazine rings is 1. The van der Waals surface area contributed by atoms with Gasteiger partial charge in [-0.25, -0.2) is 4.79 Å². The summed E-state index contributed by atoms with van der Waals surface area (Å²) in [4.78, 5) is 39.3. The minimum atomic E-state index is -0.518. The molecule has 0 unspecified atom stereocenters. The number of benzene rings is 1. The molecule has 8 heteroatoms. The number of carbonyl (C=O) groups excluding carboxylic acids is 3. The molecule has 0 aromatic heterocycles. The topological polar surface area (TPSA) is 88.2 Å². The molecule has 0 radical (unpaired) electrons. The molecule has 142 valence electrons. The molecular formula is C18H25N3O5. The highest BCUT2D eigenvalue weighted by Crippen LogP contribution is 2.14. The van der Waals surface area contributed by atoms with E-state index in [2.05, 4.69) is 5.32 Å². The van der Waals surface area contributed by atoms with Gasteiger partial charge in [0.15, 0.2) is 0 Å². The molecule has 1 N–H and O–H groups in total. The van der Waals surface area contributed by atoms with Crippen LogP contribution in [0.4, 0.5) is 4.79 Å². The first kappa shape index (κ1) is 19.6. The highest BCUT2D eigenvalue weighted by atomic mass is 16.5. The summed E-state index contributed by atoms with van der Waals surface area (Å²) in [7, 11) is 1.58. The maximum Gasteiger partial charge on any atom is 0.407 e. The van der Waals surface area contributed by atoms with E-state index in [1.165, 1.54) is 0 Å². The van der Waals surface area contributed by atoms with Crippen LogP contribution in [0.3, 0.4) is 0 Å². The number of hydrogen-bond acceptors (Lipinski definition) is 5. The van der Waals surface area contributed by atoms with Gasteiger partial charge in [0.25, 0.3) is 5.91 Å². The Labute approximate surface area is 153 Å². The lowest BCUT2D eigenvalue weighted by atomic mass is 10.1. The summed E-state index contributed by atoms with van der Waals surface area (Å²) in [6.07, 6.45) is -0.305. The number of methoxy groups -OCH3 is 1. The van der Waals surface area contributed by atoms with E-state index in [0.717, 1.165) is 0 Å². The summed E-state index contributed by atoms with van der Waals surface area (Å²) >= 11 is 0. The molecule has 1 aromatic carbocycles.